The van der Waals surface area contributed by atoms with Crippen LogP contribution in [-0.4, -0.2) is 84.5 Å². The van der Waals surface area contributed by atoms with Crippen molar-refractivity contribution in [3.05, 3.63) is 0 Å². The molecule has 216 valence electrons. The average molecular weight is 541 g/mol. The molecular formula is C23H44N10O5. The number of carbonyl (C=O) groups excluding carboxylic acids is 3. The van der Waals surface area contributed by atoms with Crippen LogP contribution >= 0.6 is 0 Å². The lowest BCUT2D eigenvalue weighted by Crippen LogP contribution is -2.58. The van der Waals surface area contributed by atoms with Crippen LogP contribution in [-0.2, 0) is 19.2 Å². The Balaban J connectivity index is 2.95. The molecule has 0 radical (unpaired) electrons. The molecule has 1 saturated heterocycles. The molecule has 5 atom stereocenters. The van der Waals surface area contributed by atoms with Gasteiger partial charge in [-0.1, -0.05) is 20.3 Å². The minimum atomic E-state index is -1.22. The number of nitrogens with one attached hydrogen (secondary N) is 4. The first-order valence-corrected chi connectivity index (χ1v) is 12.9. The molecule has 1 heterocycles. The van der Waals surface area contributed by atoms with E-state index in [4.69, 9.17) is 22.9 Å². The summed E-state index contributed by atoms with van der Waals surface area (Å²) < 4.78 is 0. The SMILES string of the molecule is CCC(C)C(NC(=O)C(CCCN=C(N)N)NC(=O)C1CCCN1)C(=O)NC(CCCN=C(N)N)C(=O)O. The molecule has 1 aliphatic rings. The van der Waals surface area contributed by atoms with Gasteiger partial charge in [0.05, 0.1) is 6.04 Å². The topological polar surface area (TPSA) is 265 Å². The molecule has 5 unspecified atom stereocenters. The van der Waals surface area contributed by atoms with Crippen molar-refractivity contribution in [3.8, 4) is 0 Å². The number of rotatable bonds is 17. The fourth-order valence-corrected chi connectivity index (χ4v) is 3.93. The van der Waals surface area contributed by atoms with Crippen LogP contribution in [0.5, 0.6) is 0 Å². The van der Waals surface area contributed by atoms with Crippen molar-refractivity contribution in [3.63, 3.8) is 0 Å². The van der Waals surface area contributed by atoms with Gasteiger partial charge in [-0.2, -0.15) is 0 Å². The molecule has 15 heteroatoms. The van der Waals surface area contributed by atoms with Crippen LogP contribution in [0.4, 0.5) is 0 Å². The first kappa shape index (κ1) is 32.4. The number of amides is 3. The predicted octanol–water partition coefficient (Wildman–Crippen LogP) is -2.57. The zero-order chi connectivity index (χ0) is 28.7. The van der Waals surface area contributed by atoms with Crippen LogP contribution in [0.15, 0.2) is 9.98 Å². The Hall–Kier alpha value is -3.62. The summed E-state index contributed by atoms with van der Waals surface area (Å²) in [7, 11) is 0. The lowest BCUT2D eigenvalue weighted by atomic mass is 9.96. The molecule has 0 aliphatic carbocycles. The summed E-state index contributed by atoms with van der Waals surface area (Å²) in [6.45, 7) is 4.81. The van der Waals surface area contributed by atoms with Crippen LogP contribution in [0.25, 0.3) is 0 Å². The van der Waals surface area contributed by atoms with E-state index in [1.165, 1.54) is 0 Å². The van der Waals surface area contributed by atoms with E-state index in [1.54, 1.807) is 6.92 Å². The van der Waals surface area contributed by atoms with Crippen LogP contribution in [0.2, 0.25) is 0 Å². The number of aliphatic imine (C=N–C) groups is 2. The molecule has 13 N–H and O–H groups in total. The fraction of sp³-hybridized carbons (Fsp3) is 0.739. The van der Waals surface area contributed by atoms with E-state index in [1.807, 2.05) is 6.92 Å². The average Bonchev–Trinajstić information content (AvgIpc) is 3.40. The number of hydrogen-bond donors (Lipinski definition) is 9. The van der Waals surface area contributed by atoms with E-state index < -0.39 is 42.0 Å². The van der Waals surface area contributed by atoms with E-state index in [2.05, 4.69) is 31.3 Å². The van der Waals surface area contributed by atoms with E-state index in [0.717, 1.165) is 6.42 Å². The number of guanidine groups is 2. The number of carbonyl (C=O) groups is 4. The van der Waals surface area contributed by atoms with Gasteiger partial charge in [-0.3, -0.25) is 24.4 Å². The largest absolute Gasteiger partial charge is 0.480 e. The third-order valence-electron chi connectivity index (χ3n) is 6.31. The molecule has 0 aromatic carbocycles. The molecule has 0 bridgehead atoms. The van der Waals surface area contributed by atoms with Gasteiger partial charge in [0.2, 0.25) is 17.7 Å². The van der Waals surface area contributed by atoms with E-state index in [-0.39, 0.29) is 49.7 Å². The number of carboxylic acids is 1. The molecule has 15 nitrogen and oxygen atoms in total. The zero-order valence-corrected chi connectivity index (χ0v) is 22.2. The summed E-state index contributed by atoms with van der Waals surface area (Å²) in [6.07, 6.45) is 3.11. The molecule has 0 aromatic heterocycles. The second-order valence-corrected chi connectivity index (χ2v) is 9.38. The summed E-state index contributed by atoms with van der Waals surface area (Å²) in [6, 6.07) is -3.54. The van der Waals surface area contributed by atoms with Crippen molar-refractivity contribution in [2.75, 3.05) is 19.6 Å². The van der Waals surface area contributed by atoms with Gasteiger partial charge in [0.1, 0.15) is 18.1 Å². The quantitative estimate of drug-likeness (QED) is 0.0528. The highest BCUT2D eigenvalue weighted by Gasteiger charge is 2.33. The summed E-state index contributed by atoms with van der Waals surface area (Å²) in [5.41, 5.74) is 21.3. The van der Waals surface area contributed by atoms with Crippen molar-refractivity contribution in [1.82, 2.24) is 21.3 Å². The highest BCUT2D eigenvalue weighted by atomic mass is 16.4. The first-order valence-electron chi connectivity index (χ1n) is 12.9. The summed E-state index contributed by atoms with van der Waals surface area (Å²) >= 11 is 0. The summed E-state index contributed by atoms with van der Waals surface area (Å²) in [5.74, 6) is -3.21. The van der Waals surface area contributed by atoms with Crippen LogP contribution in [0.3, 0.4) is 0 Å². The Bertz CT molecular complexity index is 852. The molecule has 1 rings (SSSR count). The van der Waals surface area contributed by atoms with Gasteiger partial charge in [0.25, 0.3) is 0 Å². The highest BCUT2D eigenvalue weighted by molar-refractivity contribution is 5.94. The van der Waals surface area contributed by atoms with Gasteiger partial charge >= 0.3 is 5.97 Å². The lowest BCUT2D eigenvalue weighted by Gasteiger charge is -2.28. The van der Waals surface area contributed by atoms with Gasteiger partial charge in [0.15, 0.2) is 11.9 Å². The Morgan fingerprint density at radius 2 is 1.50 bits per heavy atom. The Kier molecular flexibility index (Phi) is 14.5. The molecule has 0 spiro atoms. The third-order valence-corrected chi connectivity index (χ3v) is 6.31. The third kappa shape index (κ3) is 12.1. The molecular weight excluding hydrogens is 496 g/mol. The van der Waals surface area contributed by atoms with Gasteiger partial charge in [-0.05, 0) is 51.0 Å². The standard InChI is InChI=1S/C23H44N10O5/c1-3-13(2)17(20(36)32-16(21(37)38)9-6-12-30-23(26)27)33-19(35)15(8-5-11-29-22(24)25)31-18(34)14-7-4-10-28-14/h13-17,28H,3-12H2,1-2H3,(H,31,34)(H,32,36)(H,33,35)(H,37,38)(H4,24,25,29)(H4,26,27,30). The number of hydrogen-bond acceptors (Lipinski definition) is 7. The first-order chi connectivity index (χ1) is 18.0. The van der Waals surface area contributed by atoms with E-state index in [0.29, 0.717) is 32.2 Å². The van der Waals surface area contributed by atoms with Crippen molar-refractivity contribution in [1.29, 1.82) is 0 Å². The smallest absolute Gasteiger partial charge is 0.326 e. The number of nitrogens with two attached hydrogens (primary N) is 4. The predicted molar refractivity (Wildman–Crippen MR) is 144 cm³/mol. The highest BCUT2D eigenvalue weighted by Crippen LogP contribution is 2.12. The number of nitrogens with zero attached hydrogens (tertiary/aromatic N) is 2. The molecule has 3 amide bonds. The number of carboxylic acid groups (broad SMARTS) is 1. The zero-order valence-electron chi connectivity index (χ0n) is 22.2. The Morgan fingerprint density at radius 3 is 1.97 bits per heavy atom. The maximum Gasteiger partial charge on any atom is 0.326 e. The van der Waals surface area contributed by atoms with Crippen LogP contribution in [0.1, 0.15) is 58.8 Å². The molecule has 1 aliphatic heterocycles. The van der Waals surface area contributed by atoms with Gasteiger partial charge < -0.3 is 49.3 Å². The summed E-state index contributed by atoms with van der Waals surface area (Å²) in [4.78, 5) is 58.6. The second kappa shape index (κ2) is 17.0. The van der Waals surface area contributed by atoms with E-state index >= 15 is 0 Å². The number of aliphatic carboxylic acids is 1. The fourth-order valence-electron chi connectivity index (χ4n) is 3.93. The molecule has 38 heavy (non-hydrogen) atoms. The summed E-state index contributed by atoms with van der Waals surface area (Å²) in [5, 5.41) is 20.7. The van der Waals surface area contributed by atoms with Gasteiger partial charge in [-0.25, -0.2) is 4.79 Å². The molecule has 0 saturated carbocycles. The van der Waals surface area contributed by atoms with Gasteiger partial charge in [-0.15, -0.1) is 0 Å². The van der Waals surface area contributed by atoms with Gasteiger partial charge in [0, 0.05) is 13.1 Å². The maximum atomic E-state index is 13.3. The minimum Gasteiger partial charge on any atom is -0.480 e. The monoisotopic (exact) mass is 540 g/mol. The maximum absolute atomic E-state index is 13.3. The Labute approximate surface area is 223 Å². The van der Waals surface area contributed by atoms with Crippen molar-refractivity contribution < 1.29 is 24.3 Å². The van der Waals surface area contributed by atoms with Crippen LogP contribution < -0.4 is 44.2 Å². The van der Waals surface area contributed by atoms with Crippen molar-refractivity contribution in [2.45, 2.75) is 83.0 Å². The van der Waals surface area contributed by atoms with Crippen LogP contribution in [0, 0.1) is 5.92 Å². The minimum absolute atomic E-state index is 0.0787. The lowest BCUT2D eigenvalue weighted by molar-refractivity contribution is -0.143. The molecule has 0 aromatic rings. The Morgan fingerprint density at radius 1 is 0.921 bits per heavy atom. The van der Waals surface area contributed by atoms with Crippen molar-refractivity contribution in [2.24, 2.45) is 38.8 Å². The van der Waals surface area contributed by atoms with Crippen molar-refractivity contribution >= 4 is 35.6 Å². The van der Waals surface area contributed by atoms with E-state index in [9.17, 15) is 24.3 Å². The molecule has 1 fully saturated rings. The normalized spacial score (nSPS) is 17.8. The second-order valence-electron chi connectivity index (χ2n) is 9.38.